The largest absolute Gasteiger partial charge is 0.494 e. The summed E-state index contributed by atoms with van der Waals surface area (Å²) in [5.74, 6) is 1.01. The summed E-state index contributed by atoms with van der Waals surface area (Å²) < 4.78 is 5.35. The first-order valence-corrected chi connectivity index (χ1v) is 6.20. The monoisotopic (exact) mass is 247 g/mol. The van der Waals surface area contributed by atoms with Crippen LogP contribution in [0.25, 0.3) is 6.08 Å². The second kappa shape index (κ2) is 7.67. The normalized spacial score (nSPS) is 11.1. The van der Waals surface area contributed by atoms with Crippen molar-refractivity contribution in [3.05, 3.63) is 35.9 Å². The molecule has 3 nitrogen and oxygen atoms in total. The Morgan fingerprint density at radius 1 is 1.28 bits per heavy atom. The summed E-state index contributed by atoms with van der Waals surface area (Å²) in [5.41, 5.74) is 1.01. The topological polar surface area (TPSA) is 29.5 Å². The van der Waals surface area contributed by atoms with Gasteiger partial charge in [0.2, 0.25) is 0 Å². The number of carbonyl (C=O) groups is 1. The quantitative estimate of drug-likeness (QED) is 0.694. The smallest absolute Gasteiger partial charge is 0.156 e. The van der Waals surface area contributed by atoms with E-state index in [1.54, 1.807) is 6.08 Å². The number of hydrogen-bond donors (Lipinski definition) is 0. The first kappa shape index (κ1) is 14.5. The van der Waals surface area contributed by atoms with Crippen molar-refractivity contribution in [2.24, 2.45) is 0 Å². The Hall–Kier alpha value is -1.61. The Labute approximate surface area is 109 Å². The van der Waals surface area contributed by atoms with Gasteiger partial charge in [-0.1, -0.05) is 18.2 Å². The van der Waals surface area contributed by atoms with E-state index >= 15 is 0 Å². The molecular formula is C15H21NO2. The molecule has 0 heterocycles. The minimum atomic E-state index is 0.151. The van der Waals surface area contributed by atoms with Gasteiger partial charge in [-0.15, -0.1) is 0 Å². The Kier molecular flexibility index (Phi) is 6.15. The fourth-order valence-corrected chi connectivity index (χ4v) is 1.45. The van der Waals surface area contributed by atoms with Gasteiger partial charge in [0.05, 0.1) is 6.61 Å². The molecule has 18 heavy (non-hydrogen) atoms. The molecule has 98 valence electrons. The fraction of sp³-hybridized carbons (Fsp3) is 0.400. The standard InChI is InChI=1S/C15H21NO2/c1-4-18-15-9-6-13(7-10-15)5-8-14(17)11-12-16(2)3/h5-10H,4,11-12H2,1-3H3. The van der Waals surface area contributed by atoms with Crippen molar-refractivity contribution in [2.45, 2.75) is 13.3 Å². The lowest BCUT2D eigenvalue weighted by Gasteiger charge is -2.06. The average molecular weight is 247 g/mol. The number of ketones is 1. The van der Waals surface area contributed by atoms with E-state index in [2.05, 4.69) is 0 Å². The van der Waals surface area contributed by atoms with Gasteiger partial charge in [-0.05, 0) is 44.8 Å². The molecule has 0 aliphatic carbocycles. The molecule has 0 spiro atoms. The molecule has 0 N–H and O–H groups in total. The van der Waals surface area contributed by atoms with Gasteiger partial charge in [-0.3, -0.25) is 4.79 Å². The van der Waals surface area contributed by atoms with Gasteiger partial charge in [0.25, 0.3) is 0 Å². The van der Waals surface area contributed by atoms with Crippen molar-refractivity contribution in [3.63, 3.8) is 0 Å². The lowest BCUT2D eigenvalue weighted by Crippen LogP contribution is -2.15. The van der Waals surface area contributed by atoms with Gasteiger partial charge in [-0.25, -0.2) is 0 Å². The van der Waals surface area contributed by atoms with Crippen LogP contribution in [0.5, 0.6) is 5.75 Å². The predicted octanol–water partition coefficient (Wildman–Crippen LogP) is 2.62. The molecule has 0 aliphatic rings. The Balaban J connectivity index is 2.48. The molecule has 0 saturated carbocycles. The van der Waals surface area contributed by atoms with Crippen molar-refractivity contribution in [2.75, 3.05) is 27.2 Å². The summed E-state index contributed by atoms with van der Waals surface area (Å²) in [7, 11) is 3.92. The van der Waals surface area contributed by atoms with Crippen molar-refractivity contribution in [1.29, 1.82) is 0 Å². The van der Waals surface area contributed by atoms with E-state index in [0.29, 0.717) is 13.0 Å². The average Bonchev–Trinajstić information content (AvgIpc) is 2.36. The van der Waals surface area contributed by atoms with Crippen molar-refractivity contribution in [1.82, 2.24) is 4.90 Å². The molecule has 1 aromatic rings. The van der Waals surface area contributed by atoms with E-state index in [9.17, 15) is 4.79 Å². The van der Waals surface area contributed by atoms with E-state index in [-0.39, 0.29) is 5.78 Å². The Morgan fingerprint density at radius 3 is 2.50 bits per heavy atom. The number of hydrogen-bond acceptors (Lipinski definition) is 3. The number of nitrogens with zero attached hydrogens (tertiary/aromatic N) is 1. The first-order chi connectivity index (χ1) is 8.61. The van der Waals surface area contributed by atoms with Crippen LogP contribution < -0.4 is 4.74 Å². The van der Waals surface area contributed by atoms with Crippen molar-refractivity contribution in [3.8, 4) is 5.75 Å². The fourth-order valence-electron chi connectivity index (χ4n) is 1.45. The van der Waals surface area contributed by atoms with Crippen LogP contribution in [0, 0.1) is 0 Å². The molecule has 0 radical (unpaired) electrons. The minimum Gasteiger partial charge on any atom is -0.494 e. The van der Waals surface area contributed by atoms with Gasteiger partial charge in [0, 0.05) is 13.0 Å². The van der Waals surface area contributed by atoms with Crippen LogP contribution in [-0.2, 0) is 4.79 Å². The molecular weight excluding hydrogens is 226 g/mol. The van der Waals surface area contributed by atoms with Crippen LogP contribution >= 0.6 is 0 Å². The summed E-state index contributed by atoms with van der Waals surface area (Å²) in [4.78, 5) is 13.6. The van der Waals surface area contributed by atoms with Crippen LogP contribution in [0.2, 0.25) is 0 Å². The second-order valence-electron chi connectivity index (χ2n) is 4.35. The summed E-state index contributed by atoms with van der Waals surface area (Å²) >= 11 is 0. The number of ether oxygens (including phenoxy) is 1. The minimum absolute atomic E-state index is 0.151. The summed E-state index contributed by atoms with van der Waals surface area (Å²) in [6.45, 7) is 3.40. The van der Waals surface area contributed by atoms with Crippen LogP contribution in [-0.4, -0.2) is 37.9 Å². The summed E-state index contributed by atoms with van der Waals surface area (Å²) in [5, 5.41) is 0. The molecule has 0 aliphatic heterocycles. The van der Waals surface area contributed by atoms with E-state index in [1.807, 2.05) is 56.3 Å². The van der Waals surface area contributed by atoms with E-state index < -0.39 is 0 Å². The van der Waals surface area contributed by atoms with Crippen LogP contribution in [0.4, 0.5) is 0 Å². The molecule has 1 rings (SSSR count). The maximum Gasteiger partial charge on any atom is 0.156 e. The van der Waals surface area contributed by atoms with Gasteiger partial charge in [0.15, 0.2) is 5.78 Å². The lowest BCUT2D eigenvalue weighted by atomic mass is 10.1. The van der Waals surface area contributed by atoms with E-state index in [1.165, 1.54) is 0 Å². The van der Waals surface area contributed by atoms with Crippen molar-refractivity contribution < 1.29 is 9.53 Å². The third-order valence-corrected chi connectivity index (χ3v) is 2.46. The second-order valence-corrected chi connectivity index (χ2v) is 4.35. The number of allylic oxidation sites excluding steroid dienone is 1. The SMILES string of the molecule is CCOc1ccc(C=CC(=O)CCN(C)C)cc1. The zero-order valence-corrected chi connectivity index (χ0v) is 11.3. The van der Waals surface area contributed by atoms with Gasteiger partial charge < -0.3 is 9.64 Å². The molecule has 0 atom stereocenters. The molecule has 0 bridgehead atoms. The van der Waals surface area contributed by atoms with Gasteiger partial charge >= 0.3 is 0 Å². The Morgan fingerprint density at radius 2 is 1.94 bits per heavy atom. The predicted molar refractivity (Wildman–Crippen MR) is 74.8 cm³/mol. The van der Waals surface area contributed by atoms with Crippen LogP contribution in [0.1, 0.15) is 18.9 Å². The highest BCUT2D eigenvalue weighted by Gasteiger charge is 1.98. The first-order valence-electron chi connectivity index (χ1n) is 6.20. The van der Waals surface area contributed by atoms with Gasteiger partial charge in [0.1, 0.15) is 5.75 Å². The highest BCUT2D eigenvalue weighted by molar-refractivity contribution is 5.93. The Bertz CT molecular complexity index is 393. The molecule has 0 amide bonds. The molecule has 3 heteroatoms. The summed E-state index contributed by atoms with van der Waals surface area (Å²) in [6.07, 6.45) is 4.04. The van der Waals surface area contributed by atoms with Crippen LogP contribution in [0.15, 0.2) is 30.3 Å². The van der Waals surface area contributed by atoms with Gasteiger partial charge in [-0.2, -0.15) is 0 Å². The number of benzene rings is 1. The molecule has 0 unspecified atom stereocenters. The maximum absolute atomic E-state index is 11.6. The lowest BCUT2D eigenvalue weighted by molar-refractivity contribution is -0.114. The zero-order valence-electron chi connectivity index (χ0n) is 11.3. The third kappa shape index (κ3) is 5.64. The van der Waals surface area contributed by atoms with Crippen molar-refractivity contribution >= 4 is 11.9 Å². The highest BCUT2D eigenvalue weighted by Crippen LogP contribution is 2.13. The number of rotatable bonds is 7. The van der Waals surface area contributed by atoms with Crippen LogP contribution in [0.3, 0.4) is 0 Å². The van der Waals surface area contributed by atoms with E-state index in [4.69, 9.17) is 4.74 Å². The van der Waals surface area contributed by atoms with E-state index in [0.717, 1.165) is 17.9 Å². The molecule has 0 fully saturated rings. The molecule has 0 aromatic heterocycles. The number of carbonyl (C=O) groups excluding carboxylic acids is 1. The molecule has 1 aromatic carbocycles. The zero-order chi connectivity index (χ0) is 13.4. The molecule has 0 saturated heterocycles. The third-order valence-electron chi connectivity index (χ3n) is 2.46. The maximum atomic E-state index is 11.6. The highest BCUT2D eigenvalue weighted by atomic mass is 16.5. The summed E-state index contributed by atoms with van der Waals surface area (Å²) in [6, 6.07) is 7.71.